The van der Waals surface area contributed by atoms with Gasteiger partial charge in [0, 0.05) is 18.4 Å². The van der Waals surface area contributed by atoms with Crippen molar-refractivity contribution in [2.75, 3.05) is 0 Å². The molecule has 6 nitrogen and oxygen atoms in total. The number of carbonyl (C=O) groups is 1. The van der Waals surface area contributed by atoms with Gasteiger partial charge in [0.05, 0.1) is 27.5 Å². The monoisotopic (exact) mass is 450 g/mol. The number of thiazole rings is 1. The largest absolute Gasteiger partial charge is 0.416 e. The number of allylic oxidation sites excluding steroid dienone is 1. The summed E-state index contributed by atoms with van der Waals surface area (Å²) >= 11 is 1.27. The van der Waals surface area contributed by atoms with Gasteiger partial charge < -0.3 is 9.40 Å². The number of aromatic nitrogens is 2. The maximum Gasteiger partial charge on any atom is 0.416 e. The highest BCUT2D eigenvalue weighted by molar-refractivity contribution is 7.16. The minimum absolute atomic E-state index is 0.0763. The number of hydrogen-bond acceptors (Lipinski definition) is 5. The zero-order valence-corrected chi connectivity index (χ0v) is 17.8. The second-order valence-corrected chi connectivity index (χ2v) is 7.85. The molecule has 2 heterocycles. The Kier molecular flexibility index (Phi) is 6.79. The molecule has 0 radical (unpaired) electrons. The number of alkyl halides is 3. The quantitative estimate of drug-likeness (QED) is 0.510. The van der Waals surface area contributed by atoms with E-state index in [-0.39, 0.29) is 11.3 Å². The molecule has 0 saturated heterocycles. The van der Waals surface area contributed by atoms with Gasteiger partial charge in [-0.1, -0.05) is 31.3 Å². The van der Waals surface area contributed by atoms with Crippen molar-refractivity contribution in [2.45, 2.75) is 39.4 Å². The number of halogens is 3. The van der Waals surface area contributed by atoms with E-state index in [1.54, 1.807) is 19.3 Å². The highest BCUT2D eigenvalue weighted by Crippen LogP contribution is 2.33. The number of pyridine rings is 1. The number of nitrogens with one attached hydrogen (secondary N) is 1. The number of nitrogens with zero attached hydrogens (tertiary/aromatic N) is 3. The van der Waals surface area contributed by atoms with Gasteiger partial charge in [0.1, 0.15) is 0 Å². The van der Waals surface area contributed by atoms with Gasteiger partial charge in [-0.05, 0) is 37.6 Å². The van der Waals surface area contributed by atoms with E-state index in [9.17, 15) is 18.0 Å². The average molecular weight is 450 g/mol. The molecule has 164 valence electrons. The Hall–Kier alpha value is -3.14. The van der Waals surface area contributed by atoms with Crippen LogP contribution in [0.4, 0.5) is 13.2 Å². The third-order valence-corrected chi connectivity index (χ3v) is 5.35. The summed E-state index contributed by atoms with van der Waals surface area (Å²) in [6, 6.07) is 4.48. The van der Waals surface area contributed by atoms with Gasteiger partial charge >= 0.3 is 6.18 Å². The zero-order valence-electron chi connectivity index (χ0n) is 17.0. The summed E-state index contributed by atoms with van der Waals surface area (Å²) < 4.78 is 42.4. The second kappa shape index (κ2) is 9.34. The van der Waals surface area contributed by atoms with Gasteiger partial charge in [-0.15, -0.1) is 0 Å². The molecule has 31 heavy (non-hydrogen) atoms. The number of benzene rings is 1. The second-order valence-electron chi connectivity index (χ2n) is 6.84. The number of carbonyl (C=O) groups excluding carboxylic acids is 1. The predicted octanol–water partition coefficient (Wildman–Crippen LogP) is 5.07. The topological polar surface area (TPSA) is 68.5 Å². The Labute approximate surface area is 180 Å². The molecule has 0 aliphatic rings. The molecule has 2 aromatic heterocycles. The molecule has 0 bridgehead atoms. The van der Waals surface area contributed by atoms with E-state index < -0.39 is 17.6 Å². The first kappa shape index (κ1) is 22.5. The third kappa shape index (κ3) is 5.32. The van der Waals surface area contributed by atoms with Crippen LogP contribution in [-0.2, 0) is 12.7 Å². The molecule has 0 spiro atoms. The Morgan fingerprint density at radius 3 is 2.81 bits per heavy atom. The molecule has 0 aliphatic carbocycles. The van der Waals surface area contributed by atoms with E-state index in [2.05, 4.69) is 22.0 Å². The molecule has 1 aromatic carbocycles. The fraction of sp³-hybridized carbons (Fsp3) is 0.286. The molecule has 0 fully saturated rings. The lowest BCUT2D eigenvalue weighted by atomic mass is 10.1. The van der Waals surface area contributed by atoms with Crippen LogP contribution in [0.3, 0.4) is 0 Å². The number of hydrogen-bond donors (Lipinski definition) is 1. The number of aryl methyl sites for hydroxylation is 1. The van der Waals surface area contributed by atoms with Crippen molar-refractivity contribution in [1.82, 2.24) is 15.0 Å². The molecule has 1 N–H and O–H groups in total. The maximum atomic E-state index is 13.2. The van der Waals surface area contributed by atoms with E-state index in [4.69, 9.17) is 4.84 Å². The lowest BCUT2D eigenvalue weighted by molar-refractivity contribution is -0.137. The summed E-state index contributed by atoms with van der Waals surface area (Å²) in [5.74, 6) is -0.915. The molecular formula is C21H21F3N4O2S. The van der Waals surface area contributed by atoms with E-state index >= 15 is 0 Å². The molecule has 0 unspecified atom stereocenters. The minimum atomic E-state index is -4.61. The van der Waals surface area contributed by atoms with E-state index in [1.165, 1.54) is 11.3 Å². The molecule has 1 amide bonds. The molecular weight excluding hydrogens is 429 g/mol. The fourth-order valence-electron chi connectivity index (χ4n) is 2.79. The Morgan fingerprint density at radius 1 is 1.35 bits per heavy atom. The first-order chi connectivity index (χ1) is 14.7. The van der Waals surface area contributed by atoms with Gasteiger partial charge in [-0.3, -0.25) is 9.78 Å². The lowest BCUT2D eigenvalue weighted by Crippen LogP contribution is -2.20. The Balaban J connectivity index is 2.11. The number of unbranched alkanes of at least 4 members (excludes halogenated alkanes) is 1. The highest BCUT2D eigenvalue weighted by atomic mass is 32.1. The summed E-state index contributed by atoms with van der Waals surface area (Å²) in [5.41, 5.74) is 2.43. The standard InChI is InChI=1S/C21H21F3N4O2S/c1-4-5-10-28-16-12-25-9-8-18(16)31-20(28)26-19(29)15-11-14(21(22,23)24)6-7-17(15)30-27-13(2)3/h6-9,11-12,27H,2,4-5,10H2,1,3H3. The van der Waals surface area contributed by atoms with Crippen molar-refractivity contribution in [1.29, 1.82) is 0 Å². The fourth-order valence-corrected chi connectivity index (χ4v) is 3.81. The van der Waals surface area contributed by atoms with Gasteiger partial charge in [0.2, 0.25) is 0 Å². The van der Waals surface area contributed by atoms with Crippen molar-refractivity contribution in [3.63, 3.8) is 0 Å². The van der Waals surface area contributed by atoms with Crippen LogP contribution >= 0.6 is 11.3 Å². The SMILES string of the molecule is C=C(C)NOc1ccc(C(F)(F)F)cc1C(=O)N=c1sc2ccncc2n1CCCC. The number of fused-ring (bicyclic) bond motifs is 1. The van der Waals surface area contributed by atoms with Crippen molar-refractivity contribution in [3.8, 4) is 5.75 Å². The summed E-state index contributed by atoms with van der Waals surface area (Å²) in [6.07, 6.45) is 0.482. The summed E-state index contributed by atoms with van der Waals surface area (Å²) in [4.78, 5) is 26.9. The molecule has 0 atom stereocenters. The molecule has 3 aromatic rings. The first-order valence-corrected chi connectivity index (χ1v) is 10.3. The summed E-state index contributed by atoms with van der Waals surface area (Å²) in [5, 5.41) is 0. The van der Waals surface area contributed by atoms with Crippen LogP contribution in [0, 0.1) is 0 Å². The lowest BCUT2D eigenvalue weighted by Gasteiger charge is -2.13. The van der Waals surface area contributed by atoms with Gasteiger partial charge in [0.15, 0.2) is 10.6 Å². The van der Waals surface area contributed by atoms with Crippen LogP contribution in [-0.4, -0.2) is 15.5 Å². The van der Waals surface area contributed by atoms with Crippen LogP contribution in [0.25, 0.3) is 10.2 Å². The Morgan fingerprint density at radius 2 is 2.13 bits per heavy atom. The van der Waals surface area contributed by atoms with Crippen LogP contribution in [0.15, 0.2) is 53.9 Å². The van der Waals surface area contributed by atoms with Gasteiger partial charge in [-0.25, -0.2) is 5.48 Å². The van der Waals surface area contributed by atoms with Crippen molar-refractivity contribution in [2.24, 2.45) is 4.99 Å². The van der Waals surface area contributed by atoms with Gasteiger partial charge in [-0.2, -0.15) is 18.2 Å². The minimum Gasteiger partial charge on any atom is -0.382 e. The van der Waals surface area contributed by atoms with E-state index in [1.807, 2.05) is 17.6 Å². The van der Waals surface area contributed by atoms with Crippen molar-refractivity contribution < 1.29 is 22.8 Å². The van der Waals surface area contributed by atoms with Gasteiger partial charge in [0.25, 0.3) is 5.91 Å². The number of amides is 1. The third-order valence-electron chi connectivity index (χ3n) is 4.29. The zero-order chi connectivity index (χ0) is 22.6. The molecule has 0 aliphatic heterocycles. The summed E-state index contributed by atoms with van der Waals surface area (Å²) in [7, 11) is 0. The molecule has 0 saturated carbocycles. The Bertz CT molecular complexity index is 1180. The highest BCUT2D eigenvalue weighted by Gasteiger charge is 2.32. The molecule has 10 heteroatoms. The number of hydroxylamine groups is 1. The van der Waals surface area contributed by atoms with E-state index in [0.29, 0.717) is 17.0 Å². The smallest absolute Gasteiger partial charge is 0.382 e. The molecule has 3 rings (SSSR count). The van der Waals surface area contributed by atoms with Crippen LogP contribution in [0.1, 0.15) is 42.6 Å². The maximum absolute atomic E-state index is 13.2. The summed E-state index contributed by atoms with van der Waals surface area (Å²) in [6.45, 7) is 7.86. The average Bonchev–Trinajstić information content (AvgIpc) is 3.06. The van der Waals surface area contributed by atoms with Crippen LogP contribution in [0.5, 0.6) is 5.75 Å². The van der Waals surface area contributed by atoms with Crippen LogP contribution < -0.4 is 15.1 Å². The normalized spacial score (nSPS) is 12.2. The van der Waals surface area contributed by atoms with Crippen LogP contribution in [0.2, 0.25) is 0 Å². The number of rotatable bonds is 7. The van der Waals surface area contributed by atoms with Crippen molar-refractivity contribution in [3.05, 3.63) is 64.9 Å². The van der Waals surface area contributed by atoms with E-state index in [0.717, 1.165) is 41.3 Å². The first-order valence-electron chi connectivity index (χ1n) is 9.52. The predicted molar refractivity (Wildman–Crippen MR) is 112 cm³/mol. The van der Waals surface area contributed by atoms with Crippen molar-refractivity contribution >= 4 is 27.5 Å².